The van der Waals surface area contributed by atoms with Crippen LogP contribution in [-0.4, -0.2) is 4.98 Å². The Balaban J connectivity index is 2.58. The van der Waals surface area contributed by atoms with Gasteiger partial charge in [-0.1, -0.05) is 13.8 Å². The van der Waals surface area contributed by atoms with Gasteiger partial charge in [-0.3, -0.25) is 0 Å². The second-order valence-electron chi connectivity index (χ2n) is 3.55. The number of thiazole rings is 1. The molecule has 0 aromatic carbocycles. The van der Waals surface area contributed by atoms with Crippen LogP contribution >= 0.6 is 11.3 Å². The Kier molecular flexibility index (Phi) is 3.23. The van der Waals surface area contributed by atoms with E-state index in [1.807, 2.05) is 6.20 Å². The second kappa shape index (κ2) is 4.01. The van der Waals surface area contributed by atoms with Crippen molar-refractivity contribution in [3.63, 3.8) is 0 Å². The van der Waals surface area contributed by atoms with E-state index >= 15 is 0 Å². The lowest BCUT2D eigenvalue weighted by Crippen LogP contribution is -2.12. The number of rotatable bonds is 3. The Morgan fingerprint density at radius 2 is 2.25 bits per heavy atom. The number of aromatic nitrogens is 1. The molecule has 0 fully saturated rings. The Hall–Kier alpha value is -0.410. The maximum absolute atomic E-state index is 5.96. The van der Waals surface area contributed by atoms with Crippen molar-refractivity contribution in [3.05, 3.63) is 16.1 Å². The molecule has 0 spiro atoms. The summed E-state index contributed by atoms with van der Waals surface area (Å²) in [6, 6.07) is 0.128. The molecule has 12 heavy (non-hydrogen) atoms. The fourth-order valence-corrected chi connectivity index (χ4v) is 1.94. The van der Waals surface area contributed by atoms with Crippen molar-refractivity contribution in [2.45, 2.75) is 33.2 Å². The Bertz CT molecular complexity index is 242. The highest BCUT2D eigenvalue weighted by Crippen LogP contribution is 2.22. The summed E-state index contributed by atoms with van der Waals surface area (Å²) in [7, 11) is 0. The van der Waals surface area contributed by atoms with E-state index in [4.69, 9.17) is 5.73 Å². The fourth-order valence-electron chi connectivity index (χ4n) is 1.15. The molecule has 0 unspecified atom stereocenters. The quantitative estimate of drug-likeness (QED) is 0.784. The van der Waals surface area contributed by atoms with E-state index in [0.29, 0.717) is 5.92 Å². The molecule has 0 amide bonds. The minimum Gasteiger partial charge on any atom is -0.322 e. The normalized spacial score (nSPS) is 13.8. The van der Waals surface area contributed by atoms with Crippen LogP contribution in [0.25, 0.3) is 0 Å². The van der Waals surface area contributed by atoms with Crippen LogP contribution < -0.4 is 5.73 Å². The summed E-state index contributed by atoms with van der Waals surface area (Å²) >= 11 is 1.70. The summed E-state index contributed by atoms with van der Waals surface area (Å²) in [5.74, 6) is 0.643. The molecule has 1 heterocycles. The van der Waals surface area contributed by atoms with Crippen molar-refractivity contribution in [1.82, 2.24) is 4.98 Å². The predicted octanol–water partition coefficient (Wildman–Crippen LogP) is 2.50. The third-order valence-corrected chi connectivity index (χ3v) is 2.73. The number of nitrogens with zero attached hydrogens (tertiary/aromatic N) is 1. The summed E-state index contributed by atoms with van der Waals surface area (Å²) in [5, 5.41) is 1.07. The van der Waals surface area contributed by atoms with Gasteiger partial charge in [0.1, 0.15) is 5.01 Å². The van der Waals surface area contributed by atoms with Gasteiger partial charge in [0.2, 0.25) is 0 Å². The molecular weight excluding hydrogens is 168 g/mol. The van der Waals surface area contributed by atoms with Crippen molar-refractivity contribution < 1.29 is 0 Å². The van der Waals surface area contributed by atoms with E-state index < -0.39 is 0 Å². The molecule has 0 aliphatic heterocycles. The highest BCUT2D eigenvalue weighted by Gasteiger charge is 2.10. The number of hydrogen-bond donors (Lipinski definition) is 1. The van der Waals surface area contributed by atoms with Crippen molar-refractivity contribution in [1.29, 1.82) is 0 Å². The first-order chi connectivity index (χ1) is 5.59. The van der Waals surface area contributed by atoms with Gasteiger partial charge in [0, 0.05) is 11.1 Å². The first-order valence-corrected chi connectivity index (χ1v) is 5.09. The zero-order valence-corrected chi connectivity index (χ0v) is 8.69. The highest BCUT2D eigenvalue weighted by molar-refractivity contribution is 7.11. The second-order valence-corrected chi connectivity index (χ2v) is 4.81. The minimum atomic E-state index is 0.128. The van der Waals surface area contributed by atoms with Crippen molar-refractivity contribution in [2.24, 2.45) is 11.7 Å². The molecule has 0 saturated carbocycles. The lowest BCUT2D eigenvalue weighted by molar-refractivity contribution is 0.508. The monoisotopic (exact) mass is 184 g/mol. The van der Waals surface area contributed by atoms with Gasteiger partial charge in [-0.2, -0.15) is 0 Å². The van der Waals surface area contributed by atoms with E-state index in [1.165, 1.54) is 4.88 Å². The van der Waals surface area contributed by atoms with Gasteiger partial charge >= 0.3 is 0 Å². The molecule has 0 aliphatic rings. The van der Waals surface area contributed by atoms with Crippen LogP contribution in [0.4, 0.5) is 0 Å². The lowest BCUT2D eigenvalue weighted by atomic mass is 10.1. The number of hydrogen-bond acceptors (Lipinski definition) is 3. The lowest BCUT2D eigenvalue weighted by Gasteiger charge is -2.10. The molecule has 0 saturated heterocycles. The molecule has 2 nitrogen and oxygen atoms in total. The molecule has 68 valence electrons. The van der Waals surface area contributed by atoms with Crippen LogP contribution in [0.3, 0.4) is 0 Å². The molecule has 1 atom stereocenters. The van der Waals surface area contributed by atoms with Crippen LogP contribution in [0.15, 0.2) is 6.20 Å². The summed E-state index contributed by atoms with van der Waals surface area (Å²) in [6.45, 7) is 6.42. The van der Waals surface area contributed by atoms with Crippen LogP contribution in [0.5, 0.6) is 0 Å². The molecule has 1 aromatic heterocycles. The third-order valence-electron chi connectivity index (χ3n) is 1.68. The summed E-state index contributed by atoms with van der Waals surface area (Å²) in [5.41, 5.74) is 5.96. The van der Waals surface area contributed by atoms with Gasteiger partial charge in [-0.05, 0) is 19.3 Å². The van der Waals surface area contributed by atoms with Crippen molar-refractivity contribution in [3.8, 4) is 0 Å². The fraction of sp³-hybridized carbons (Fsp3) is 0.667. The average molecular weight is 184 g/mol. The van der Waals surface area contributed by atoms with Gasteiger partial charge < -0.3 is 5.73 Å². The maximum atomic E-state index is 5.96. The van der Waals surface area contributed by atoms with Crippen LogP contribution in [0.2, 0.25) is 0 Å². The SMILES string of the molecule is Cc1cnc([C@@H](N)CC(C)C)s1. The molecule has 1 rings (SSSR count). The largest absolute Gasteiger partial charge is 0.322 e. The van der Waals surface area contributed by atoms with Crippen LogP contribution in [0.1, 0.15) is 36.2 Å². The van der Waals surface area contributed by atoms with Gasteiger partial charge in [0.05, 0.1) is 6.04 Å². The molecule has 2 N–H and O–H groups in total. The minimum absolute atomic E-state index is 0.128. The molecule has 1 aromatic rings. The molecule has 0 aliphatic carbocycles. The van der Waals surface area contributed by atoms with Crippen LogP contribution in [-0.2, 0) is 0 Å². The van der Waals surface area contributed by atoms with E-state index in [0.717, 1.165) is 11.4 Å². The smallest absolute Gasteiger partial charge is 0.110 e. The summed E-state index contributed by atoms with van der Waals surface area (Å²) < 4.78 is 0. The van der Waals surface area contributed by atoms with E-state index in [2.05, 4.69) is 25.8 Å². The molecule has 3 heteroatoms. The van der Waals surface area contributed by atoms with Crippen molar-refractivity contribution >= 4 is 11.3 Å². The van der Waals surface area contributed by atoms with E-state index in [1.54, 1.807) is 11.3 Å². The highest BCUT2D eigenvalue weighted by atomic mass is 32.1. The number of nitrogens with two attached hydrogens (primary N) is 1. The Labute approximate surface area is 77.8 Å². The number of aryl methyl sites for hydroxylation is 1. The standard InChI is InChI=1S/C9H16N2S/c1-6(2)4-8(10)9-11-5-7(3)12-9/h5-6,8H,4,10H2,1-3H3/t8-/m0/s1. The maximum Gasteiger partial charge on any atom is 0.110 e. The Morgan fingerprint density at radius 1 is 1.58 bits per heavy atom. The third kappa shape index (κ3) is 2.57. The zero-order chi connectivity index (χ0) is 9.14. The van der Waals surface area contributed by atoms with E-state index in [-0.39, 0.29) is 6.04 Å². The molecule has 0 bridgehead atoms. The zero-order valence-electron chi connectivity index (χ0n) is 7.87. The summed E-state index contributed by atoms with van der Waals surface area (Å²) in [4.78, 5) is 5.50. The summed E-state index contributed by atoms with van der Waals surface area (Å²) in [6.07, 6.45) is 2.91. The first kappa shape index (κ1) is 9.68. The first-order valence-electron chi connectivity index (χ1n) is 4.27. The average Bonchev–Trinajstić information content (AvgIpc) is 2.34. The predicted molar refractivity (Wildman–Crippen MR) is 53.2 cm³/mol. The van der Waals surface area contributed by atoms with E-state index in [9.17, 15) is 0 Å². The molecule has 0 radical (unpaired) electrons. The van der Waals surface area contributed by atoms with Gasteiger partial charge in [-0.15, -0.1) is 11.3 Å². The Morgan fingerprint density at radius 3 is 2.67 bits per heavy atom. The van der Waals surface area contributed by atoms with Gasteiger partial charge in [-0.25, -0.2) is 4.98 Å². The topological polar surface area (TPSA) is 38.9 Å². The van der Waals surface area contributed by atoms with Gasteiger partial charge in [0.15, 0.2) is 0 Å². The van der Waals surface area contributed by atoms with Gasteiger partial charge in [0.25, 0.3) is 0 Å². The molecular formula is C9H16N2S. The van der Waals surface area contributed by atoms with Crippen molar-refractivity contribution in [2.75, 3.05) is 0 Å². The van der Waals surface area contributed by atoms with Crippen LogP contribution in [0, 0.1) is 12.8 Å².